The number of thioether (sulfide) groups is 1. The summed E-state index contributed by atoms with van der Waals surface area (Å²) < 4.78 is 24.9. The summed E-state index contributed by atoms with van der Waals surface area (Å²) in [7, 11) is 1.60. The average molecular weight is 500 g/mol. The minimum absolute atomic E-state index is 0.106. The number of anilines is 1. The molecule has 1 saturated heterocycles. The monoisotopic (exact) mass is 499 g/mol. The maximum atomic E-state index is 14.1. The zero-order chi connectivity index (χ0) is 24.8. The fourth-order valence-corrected chi connectivity index (χ4v) is 4.65. The molecule has 1 aliphatic heterocycles. The van der Waals surface area contributed by atoms with Crippen molar-refractivity contribution in [1.82, 2.24) is 20.4 Å². The van der Waals surface area contributed by atoms with Crippen LogP contribution in [0.25, 0.3) is 11.5 Å². The quantitative estimate of drug-likeness (QED) is 0.443. The second-order valence-electron chi connectivity index (χ2n) is 8.30. The summed E-state index contributed by atoms with van der Waals surface area (Å²) in [6.07, 6.45) is 0. The van der Waals surface area contributed by atoms with Gasteiger partial charge in [0.25, 0.3) is 5.22 Å². The van der Waals surface area contributed by atoms with E-state index in [4.69, 9.17) is 9.15 Å². The molecule has 10 heteroatoms. The van der Waals surface area contributed by atoms with Crippen molar-refractivity contribution < 1.29 is 18.3 Å². The highest BCUT2D eigenvalue weighted by atomic mass is 32.2. The van der Waals surface area contributed by atoms with Crippen LogP contribution in [0.4, 0.5) is 10.1 Å². The first-order chi connectivity index (χ1) is 17.0. The van der Waals surface area contributed by atoms with Gasteiger partial charge in [-0.2, -0.15) is 0 Å². The Morgan fingerprint density at radius 2 is 1.91 bits per heavy atom. The van der Waals surface area contributed by atoms with E-state index < -0.39 is 0 Å². The maximum Gasteiger partial charge on any atom is 0.277 e. The number of hydrogen-bond donors (Lipinski definition) is 1. The zero-order valence-electron chi connectivity index (χ0n) is 20.2. The van der Waals surface area contributed by atoms with Gasteiger partial charge in [0.1, 0.15) is 11.6 Å². The molecule has 0 spiro atoms. The summed E-state index contributed by atoms with van der Waals surface area (Å²) in [6, 6.07) is 11.7. The van der Waals surface area contributed by atoms with Crippen molar-refractivity contribution in [3.63, 3.8) is 0 Å². The molecule has 2 heterocycles. The maximum absolute atomic E-state index is 14.1. The largest absolute Gasteiger partial charge is 0.497 e. The Hall–Kier alpha value is -3.11. The summed E-state index contributed by atoms with van der Waals surface area (Å²) in [5.74, 6) is 0.699. The molecule has 0 aliphatic carbocycles. The number of rotatable bonds is 9. The number of aromatic nitrogens is 2. The number of methoxy groups -OCH3 is 1. The predicted octanol–water partition coefficient (Wildman–Crippen LogP) is 4.00. The Labute approximate surface area is 208 Å². The third-order valence-corrected chi connectivity index (χ3v) is 6.88. The summed E-state index contributed by atoms with van der Waals surface area (Å²) in [5.41, 5.74) is 2.50. The van der Waals surface area contributed by atoms with Crippen LogP contribution in [-0.2, 0) is 4.79 Å². The zero-order valence-corrected chi connectivity index (χ0v) is 21.0. The van der Waals surface area contributed by atoms with Crippen LogP contribution in [0.3, 0.4) is 0 Å². The van der Waals surface area contributed by atoms with E-state index in [1.54, 1.807) is 7.11 Å². The van der Waals surface area contributed by atoms with Gasteiger partial charge in [-0.3, -0.25) is 4.79 Å². The van der Waals surface area contributed by atoms with Crippen LogP contribution in [-0.4, -0.2) is 66.6 Å². The van der Waals surface area contributed by atoms with Gasteiger partial charge in [-0.1, -0.05) is 18.7 Å². The summed E-state index contributed by atoms with van der Waals surface area (Å²) in [4.78, 5) is 17.3. The van der Waals surface area contributed by atoms with Crippen molar-refractivity contribution in [2.45, 2.75) is 25.1 Å². The number of halogens is 1. The molecule has 0 saturated carbocycles. The number of nitrogens with zero attached hydrogens (tertiary/aromatic N) is 4. The third kappa shape index (κ3) is 6.32. The average Bonchev–Trinajstić information content (AvgIpc) is 3.37. The lowest BCUT2D eigenvalue weighted by Gasteiger charge is -2.37. The van der Waals surface area contributed by atoms with Crippen LogP contribution in [0, 0.1) is 5.82 Å². The van der Waals surface area contributed by atoms with Crippen LogP contribution in [0.1, 0.15) is 25.5 Å². The number of piperazine rings is 1. The Kier molecular flexibility index (Phi) is 8.25. The van der Waals surface area contributed by atoms with Crippen molar-refractivity contribution in [2.75, 3.05) is 50.5 Å². The SMILES string of the molecule is CCN1CCN(c2ccc(F)cc2[C@H](C)NC(=O)CSc2nnc(-c3ccc(OC)cc3)o2)CC1. The molecule has 4 rings (SSSR count). The normalized spacial score (nSPS) is 15.1. The molecule has 1 aromatic heterocycles. The summed E-state index contributed by atoms with van der Waals surface area (Å²) in [5, 5.41) is 11.4. The minimum atomic E-state index is -0.351. The van der Waals surface area contributed by atoms with Gasteiger partial charge in [0.2, 0.25) is 11.8 Å². The van der Waals surface area contributed by atoms with Crippen molar-refractivity contribution in [3.05, 3.63) is 53.8 Å². The second kappa shape index (κ2) is 11.5. The fourth-order valence-electron chi connectivity index (χ4n) is 4.07. The first-order valence-electron chi connectivity index (χ1n) is 11.6. The van der Waals surface area contributed by atoms with E-state index in [0.29, 0.717) is 11.1 Å². The number of amides is 1. The van der Waals surface area contributed by atoms with Gasteiger partial charge in [-0.25, -0.2) is 4.39 Å². The number of likely N-dealkylation sites (N-methyl/N-ethyl adjacent to an activating group) is 1. The second-order valence-corrected chi connectivity index (χ2v) is 9.23. The van der Waals surface area contributed by atoms with Gasteiger partial charge in [0.15, 0.2) is 0 Å². The Morgan fingerprint density at radius 3 is 2.60 bits per heavy atom. The molecular formula is C25H30FN5O3S. The molecule has 0 unspecified atom stereocenters. The molecule has 1 amide bonds. The first kappa shape index (κ1) is 25.0. The Bertz CT molecular complexity index is 1130. The van der Waals surface area contributed by atoms with Gasteiger partial charge in [0.05, 0.1) is 18.9 Å². The van der Waals surface area contributed by atoms with Gasteiger partial charge in [-0.05, 0) is 55.9 Å². The molecule has 186 valence electrons. The van der Waals surface area contributed by atoms with E-state index >= 15 is 0 Å². The highest BCUT2D eigenvalue weighted by Crippen LogP contribution is 2.29. The van der Waals surface area contributed by atoms with Crippen molar-refractivity contribution in [1.29, 1.82) is 0 Å². The van der Waals surface area contributed by atoms with Crippen molar-refractivity contribution >= 4 is 23.4 Å². The summed E-state index contributed by atoms with van der Waals surface area (Å²) in [6.45, 7) is 8.73. The molecule has 0 bridgehead atoms. The Balaban J connectivity index is 1.35. The van der Waals surface area contributed by atoms with E-state index in [0.717, 1.165) is 67.0 Å². The number of ether oxygens (including phenoxy) is 1. The van der Waals surface area contributed by atoms with Gasteiger partial charge >= 0.3 is 0 Å². The van der Waals surface area contributed by atoms with Crippen LogP contribution in [0.2, 0.25) is 0 Å². The number of nitrogens with one attached hydrogen (secondary N) is 1. The topological polar surface area (TPSA) is 83.7 Å². The molecule has 2 aromatic carbocycles. The lowest BCUT2D eigenvalue weighted by molar-refractivity contribution is -0.119. The molecule has 1 aliphatic rings. The van der Waals surface area contributed by atoms with Crippen LogP contribution >= 0.6 is 11.8 Å². The van der Waals surface area contributed by atoms with Gasteiger partial charge in [-0.15, -0.1) is 10.2 Å². The number of carbonyl (C=O) groups is 1. The lowest BCUT2D eigenvalue weighted by atomic mass is 10.0. The molecule has 8 nitrogen and oxygen atoms in total. The van der Waals surface area contributed by atoms with Crippen molar-refractivity contribution in [3.8, 4) is 17.2 Å². The van der Waals surface area contributed by atoms with E-state index in [2.05, 4.69) is 32.2 Å². The van der Waals surface area contributed by atoms with E-state index in [-0.39, 0.29) is 23.5 Å². The number of hydrogen-bond acceptors (Lipinski definition) is 8. The van der Waals surface area contributed by atoms with Crippen LogP contribution in [0.15, 0.2) is 52.1 Å². The standard InChI is InChI=1S/C25H30FN5O3S/c1-4-30-11-13-31(14-12-30)22-10-7-19(26)15-21(22)17(2)27-23(32)16-35-25-29-28-24(34-25)18-5-8-20(33-3)9-6-18/h5-10,15,17H,4,11-14,16H2,1-3H3,(H,27,32)/t17-/m0/s1. The number of benzene rings is 2. The van der Waals surface area contributed by atoms with E-state index in [1.807, 2.05) is 37.3 Å². The highest BCUT2D eigenvalue weighted by Gasteiger charge is 2.22. The van der Waals surface area contributed by atoms with E-state index in [9.17, 15) is 9.18 Å². The third-order valence-electron chi connectivity index (χ3n) is 6.06. The smallest absolute Gasteiger partial charge is 0.277 e. The predicted molar refractivity (Wildman–Crippen MR) is 134 cm³/mol. The van der Waals surface area contributed by atoms with Crippen LogP contribution in [0.5, 0.6) is 5.75 Å². The first-order valence-corrected chi connectivity index (χ1v) is 12.6. The minimum Gasteiger partial charge on any atom is -0.497 e. The van der Waals surface area contributed by atoms with Gasteiger partial charge < -0.3 is 24.3 Å². The lowest BCUT2D eigenvalue weighted by Crippen LogP contribution is -2.46. The molecule has 3 aromatic rings. The molecular weight excluding hydrogens is 469 g/mol. The Morgan fingerprint density at radius 1 is 1.17 bits per heavy atom. The fraction of sp³-hybridized carbons (Fsp3) is 0.400. The molecule has 1 atom stereocenters. The molecule has 0 radical (unpaired) electrons. The van der Waals surface area contributed by atoms with Crippen LogP contribution < -0.4 is 15.0 Å². The highest BCUT2D eigenvalue weighted by molar-refractivity contribution is 7.99. The van der Waals surface area contributed by atoms with Crippen molar-refractivity contribution in [2.24, 2.45) is 0 Å². The molecule has 1 fully saturated rings. The summed E-state index contributed by atoms with van der Waals surface area (Å²) >= 11 is 1.16. The molecule has 1 N–H and O–H groups in total. The van der Waals surface area contributed by atoms with Gasteiger partial charge in [0, 0.05) is 43.0 Å². The number of carbonyl (C=O) groups excluding carboxylic acids is 1. The molecule has 35 heavy (non-hydrogen) atoms. The van der Waals surface area contributed by atoms with E-state index in [1.165, 1.54) is 12.1 Å².